The molecule has 2 rings (SSSR count). The maximum atomic E-state index is 5.25. The lowest BCUT2D eigenvalue weighted by Crippen LogP contribution is -2.17. The summed E-state index contributed by atoms with van der Waals surface area (Å²) in [5.41, 5.74) is 2.55. The van der Waals surface area contributed by atoms with Crippen LogP contribution in [-0.4, -0.2) is 11.7 Å². The minimum absolute atomic E-state index is 0.294. The molecular formula is C16H21BrN2O. The number of hydrogen-bond donors (Lipinski definition) is 1. The van der Waals surface area contributed by atoms with Crippen molar-refractivity contribution >= 4 is 15.9 Å². The van der Waals surface area contributed by atoms with Gasteiger partial charge in [0.05, 0.1) is 11.6 Å². The summed E-state index contributed by atoms with van der Waals surface area (Å²) in [4.78, 5) is 0. The Labute approximate surface area is 129 Å². The van der Waals surface area contributed by atoms with Crippen LogP contribution in [-0.2, 0) is 13.1 Å². The third-order valence-corrected chi connectivity index (χ3v) is 4.08. The average molecular weight is 337 g/mol. The summed E-state index contributed by atoms with van der Waals surface area (Å²) in [6, 6.07) is 8.65. The van der Waals surface area contributed by atoms with Crippen LogP contribution in [0.2, 0.25) is 0 Å². The lowest BCUT2D eigenvalue weighted by Gasteiger charge is -2.15. The maximum absolute atomic E-state index is 5.25. The quantitative estimate of drug-likeness (QED) is 0.858. The summed E-state index contributed by atoms with van der Waals surface area (Å²) < 4.78 is 8.43. The highest BCUT2D eigenvalue weighted by atomic mass is 79.9. The first-order valence-corrected chi connectivity index (χ1v) is 7.64. The van der Waals surface area contributed by atoms with Crippen molar-refractivity contribution in [3.63, 3.8) is 0 Å². The van der Waals surface area contributed by atoms with Gasteiger partial charge in [-0.1, -0.05) is 6.07 Å². The van der Waals surface area contributed by atoms with E-state index < -0.39 is 0 Å². The number of benzene rings is 1. The summed E-state index contributed by atoms with van der Waals surface area (Å²) in [7, 11) is 1.68. The van der Waals surface area contributed by atoms with Gasteiger partial charge in [-0.05, 0) is 59.1 Å². The van der Waals surface area contributed by atoms with Crippen LogP contribution in [0.3, 0.4) is 0 Å². The maximum Gasteiger partial charge on any atom is 0.133 e. The topological polar surface area (TPSA) is 26.2 Å². The summed E-state index contributed by atoms with van der Waals surface area (Å²) in [6.45, 7) is 6.21. The zero-order valence-corrected chi connectivity index (χ0v) is 13.8. The molecular weight excluding hydrogens is 316 g/mol. The second-order valence-electron chi connectivity index (χ2n) is 4.85. The largest absolute Gasteiger partial charge is 0.496 e. The van der Waals surface area contributed by atoms with Crippen LogP contribution in [0.25, 0.3) is 0 Å². The number of nitrogens with zero attached hydrogens (tertiary/aromatic N) is 1. The molecule has 1 N–H and O–H groups in total. The van der Waals surface area contributed by atoms with Crippen molar-refractivity contribution in [2.45, 2.75) is 33.0 Å². The smallest absolute Gasteiger partial charge is 0.133 e. The molecule has 2 aromatic rings. The fourth-order valence-corrected chi connectivity index (χ4v) is 2.69. The van der Waals surface area contributed by atoms with Gasteiger partial charge in [0.1, 0.15) is 5.75 Å². The van der Waals surface area contributed by atoms with E-state index in [4.69, 9.17) is 4.74 Å². The minimum atomic E-state index is 0.294. The van der Waals surface area contributed by atoms with Crippen LogP contribution < -0.4 is 10.1 Å². The summed E-state index contributed by atoms with van der Waals surface area (Å²) in [5, 5.41) is 3.54. The van der Waals surface area contributed by atoms with Crippen molar-refractivity contribution in [2.24, 2.45) is 0 Å². The van der Waals surface area contributed by atoms with E-state index in [9.17, 15) is 0 Å². The number of aryl methyl sites for hydroxylation is 1. The molecule has 0 fully saturated rings. The molecule has 108 valence electrons. The Morgan fingerprint density at radius 3 is 2.75 bits per heavy atom. The van der Waals surface area contributed by atoms with Crippen LogP contribution in [0.4, 0.5) is 0 Å². The zero-order valence-electron chi connectivity index (χ0n) is 12.2. The number of ether oxygens (including phenoxy) is 1. The molecule has 1 unspecified atom stereocenters. The highest BCUT2D eigenvalue weighted by Gasteiger charge is 2.08. The SMILES string of the molecule is CCn1ccc(CNC(C)c2ccc(OC)c(Br)c2)c1. The van der Waals surface area contributed by atoms with Gasteiger partial charge in [-0.25, -0.2) is 0 Å². The molecule has 1 aromatic carbocycles. The van der Waals surface area contributed by atoms with E-state index in [1.54, 1.807) is 7.11 Å². The number of aromatic nitrogens is 1. The molecule has 0 saturated heterocycles. The van der Waals surface area contributed by atoms with Gasteiger partial charge in [-0.2, -0.15) is 0 Å². The van der Waals surface area contributed by atoms with Crippen molar-refractivity contribution in [3.8, 4) is 5.75 Å². The standard InChI is InChI=1S/C16H21BrN2O/c1-4-19-8-7-13(11-19)10-18-12(2)14-5-6-16(20-3)15(17)9-14/h5-9,11-12,18H,4,10H2,1-3H3. The van der Waals surface area contributed by atoms with E-state index in [0.29, 0.717) is 6.04 Å². The zero-order chi connectivity index (χ0) is 14.5. The number of methoxy groups -OCH3 is 1. The van der Waals surface area contributed by atoms with Crippen LogP contribution in [0.5, 0.6) is 5.75 Å². The molecule has 0 amide bonds. The van der Waals surface area contributed by atoms with Gasteiger partial charge < -0.3 is 14.6 Å². The van der Waals surface area contributed by atoms with E-state index in [2.05, 4.69) is 70.3 Å². The van der Waals surface area contributed by atoms with Gasteiger partial charge in [0.15, 0.2) is 0 Å². The lowest BCUT2D eigenvalue weighted by atomic mass is 10.1. The third-order valence-electron chi connectivity index (χ3n) is 3.47. The molecule has 0 radical (unpaired) electrons. The van der Waals surface area contributed by atoms with Gasteiger partial charge >= 0.3 is 0 Å². The molecule has 0 bridgehead atoms. The van der Waals surface area contributed by atoms with Crippen molar-refractivity contribution in [2.75, 3.05) is 7.11 Å². The first-order chi connectivity index (χ1) is 9.63. The number of hydrogen-bond acceptors (Lipinski definition) is 2. The van der Waals surface area contributed by atoms with E-state index in [1.165, 1.54) is 11.1 Å². The van der Waals surface area contributed by atoms with Gasteiger partial charge in [0.25, 0.3) is 0 Å². The van der Waals surface area contributed by atoms with Crippen molar-refractivity contribution in [1.29, 1.82) is 0 Å². The fourth-order valence-electron chi connectivity index (χ4n) is 2.13. The first kappa shape index (κ1) is 15.1. The number of rotatable bonds is 6. The Morgan fingerprint density at radius 2 is 2.15 bits per heavy atom. The second kappa shape index (κ2) is 6.95. The summed E-state index contributed by atoms with van der Waals surface area (Å²) in [6.07, 6.45) is 4.30. The molecule has 3 nitrogen and oxygen atoms in total. The normalized spacial score (nSPS) is 12.4. The third kappa shape index (κ3) is 3.64. The molecule has 0 aliphatic rings. The van der Waals surface area contributed by atoms with Crippen LogP contribution in [0.1, 0.15) is 31.0 Å². The Morgan fingerprint density at radius 1 is 1.35 bits per heavy atom. The number of nitrogens with one attached hydrogen (secondary N) is 1. The van der Waals surface area contributed by atoms with Gasteiger partial charge in [0.2, 0.25) is 0 Å². The molecule has 20 heavy (non-hydrogen) atoms. The summed E-state index contributed by atoms with van der Waals surface area (Å²) in [5.74, 6) is 0.862. The van der Waals surface area contributed by atoms with Crippen molar-refractivity contribution < 1.29 is 4.74 Å². The van der Waals surface area contributed by atoms with Gasteiger partial charge in [-0.3, -0.25) is 0 Å². The molecule has 1 atom stereocenters. The van der Waals surface area contributed by atoms with Crippen molar-refractivity contribution in [1.82, 2.24) is 9.88 Å². The Bertz CT molecular complexity index is 565. The second-order valence-corrected chi connectivity index (χ2v) is 5.70. The van der Waals surface area contributed by atoms with Crippen LogP contribution in [0.15, 0.2) is 41.1 Å². The fraction of sp³-hybridized carbons (Fsp3) is 0.375. The molecule has 0 saturated carbocycles. The highest BCUT2D eigenvalue weighted by Crippen LogP contribution is 2.28. The van der Waals surface area contributed by atoms with Crippen LogP contribution in [0, 0.1) is 0 Å². The lowest BCUT2D eigenvalue weighted by molar-refractivity contribution is 0.411. The molecule has 1 aromatic heterocycles. The summed E-state index contributed by atoms with van der Waals surface area (Å²) >= 11 is 3.53. The van der Waals surface area contributed by atoms with E-state index in [-0.39, 0.29) is 0 Å². The predicted molar refractivity (Wildman–Crippen MR) is 86.1 cm³/mol. The first-order valence-electron chi connectivity index (χ1n) is 6.85. The molecule has 0 spiro atoms. The van der Waals surface area contributed by atoms with Gasteiger partial charge in [-0.15, -0.1) is 0 Å². The molecule has 1 heterocycles. The van der Waals surface area contributed by atoms with Gasteiger partial charge in [0, 0.05) is 31.5 Å². The Balaban J connectivity index is 1.97. The van der Waals surface area contributed by atoms with Crippen molar-refractivity contribution in [3.05, 3.63) is 52.3 Å². The average Bonchev–Trinajstić information content (AvgIpc) is 2.92. The predicted octanol–water partition coefficient (Wildman–Crippen LogP) is 4.13. The monoisotopic (exact) mass is 336 g/mol. The number of halogens is 1. The van der Waals surface area contributed by atoms with E-state index in [1.807, 2.05) is 6.07 Å². The van der Waals surface area contributed by atoms with E-state index >= 15 is 0 Å². The molecule has 4 heteroatoms. The molecule has 0 aliphatic heterocycles. The van der Waals surface area contributed by atoms with E-state index in [0.717, 1.165) is 23.3 Å². The minimum Gasteiger partial charge on any atom is -0.496 e. The molecule has 0 aliphatic carbocycles. The van der Waals surface area contributed by atoms with Crippen LogP contribution >= 0.6 is 15.9 Å². The Hall–Kier alpha value is -1.26. The highest BCUT2D eigenvalue weighted by molar-refractivity contribution is 9.10. The Kier molecular flexibility index (Phi) is 5.26.